The maximum Gasteiger partial charge on any atom is 0.221 e. The summed E-state index contributed by atoms with van der Waals surface area (Å²) in [6.07, 6.45) is 1.55. The van der Waals surface area contributed by atoms with E-state index < -0.39 is 0 Å². The number of benzene rings is 1. The van der Waals surface area contributed by atoms with Gasteiger partial charge < -0.3 is 10.6 Å². The fraction of sp³-hybridized carbons (Fsp3) is 0.462. The number of hydrogen-bond acceptors (Lipinski definition) is 2. The normalized spacial score (nSPS) is 12.1. The molecule has 16 heavy (non-hydrogen) atoms. The number of hydrogen-bond donors (Lipinski definition) is 2. The highest BCUT2D eigenvalue weighted by atomic mass is 16.1. The molecule has 0 aliphatic heterocycles. The van der Waals surface area contributed by atoms with Crippen molar-refractivity contribution in [3.63, 3.8) is 0 Å². The average molecular weight is 220 g/mol. The lowest BCUT2D eigenvalue weighted by molar-refractivity contribution is -0.120. The SMILES string of the molecule is CCC(NCCC(=O)NC)c1ccccc1. The van der Waals surface area contributed by atoms with E-state index in [0.29, 0.717) is 19.0 Å². The van der Waals surface area contributed by atoms with Crippen LogP contribution in [-0.2, 0) is 4.79 Å². The van der Waals surface area contributed by atoms with Crippen LogP contribution in [0.25, 0.3) is 0 Å². The van der Waals surface area contributed by atoms with E-state index in [4.69, 9.17) is 0 Å². The maximum absolute atomic E-state index is 11.1. The fourth-order valence-electron chi connectivity index (χ4n) is 1.67. The highest BCUT2D eigenvalue weighted by Crippen LogP contribution is 2.15. The molecule has 0 aliphatic rings. The van der Waals surface area contributed by atoms with E-state index in [0.717, 1.165) is 6.42 Å². The summed E-state index contributed by atoms with van der Waals surface area (Å²) in [5.41, 5.74) is 1.28. The van der Waals surface area contributed by atoms with Gasteiger partial charge in [0.1, 0.15) is 0 Å². The molecule has 1 amide bonds. The molecule has 88 valence electrons. The van der Waals surface area contributed by atoms with Crippen LogP contribution >= 0.6 is 0 Å². The summed E-state index contributed by atoms with van der Waals surface area (Å²) in [7, 11) is 1.66. The van der Waals surface area contributed by atoms with Crippen molar-refractivity contribution >= 4 is 5.91 Å². The van der Waals surface area contributed by atoms with Crippen molar-refractivity contribution in [2.75, 3.05) is 13.6 Å². The number of nitrogens with one attached hydrogen (secondary N) is 2. The highest BCUT2D eigenvalue weighted by molar-refractivity contribution is 5.75. The van der Waals surface area contributed by atoms with Gasteiger partial charge in [0, 0.05) is 26.1 Å². The van der Waals surface area contributed by atoms with Gasteiger partial charge in [0.25, 0.3) is 0 Å². The maximum atomic E-state index is 11.1. The Bertz CT molecular complexity index is 311. The minimum atomic E-state index is 0.0791. The summed E-state index contributed by atoms with van der Waals surface area (Å²) in [6.45, 7) is 2.86. The number of amides is 1. The summed E-state index contributed by atoms with van der Waals surface area (Å²) in [6, 6.07) is 10.7. The van der Waals surface area contributed by atoms with Crippen LogP contribution in [0.15, 0.2) is 30.3 Å². The van der Waals surface area contributed by atoms with E-state index in [-0.39, 0.29) is 5.91 Å². The second kappa shape index (κ2) is 7.01. The Hall–Kier alpha value is -1.35. The van der Waals surface area contributed by atoms with E-state index in [1.54, 1.807) is 7.05 Å². The van der Waals surface area contributed by atoms with Gasteiger partial charge in [0.15, 0.2) is 0 Å². The summed E-state index contributed by atoms with van der Waals surface area (Å²) in [5.74, 6) is 0.0791. The molecule has 0 bridgehead atoms. The minimum Gasteiger partial charge on any atom is -0.359 e. The molecule has 2 N–H and O–H groups in total. The molecule has 0 heterocycles. The molecule has 0 aliphatic carbocycles. The van der Waals surface area contributed by atoms with Crippen LogP contribution in [0.4, 0.5) is 0 Å². The predicted octanol–water partition coefficient (Wildman–Crippen LogP) is 1.86. The third kappa shape index (κ3) is 4.03. The molecule has 0 saturated heterocycles. The monoisotopic (exact) mass is 220 g/mol. The van der Waals surface area contributed by atoms with Crippen molar-refractivity contribution in [3.05, 3.63) is 35.9 Å². The van der Waals surface area contributed by atoms with Gasteiger partial charge in [-0.3, -0.25) is 4.79 Å². The second-order valence-electron chi connectivity index (χ2n) is 3.75. The zero-order valence-corrected chi connectivity index (χ0v) is 9.99. The second-order valence-corrected chi connectivity index (χ2v) is 3.75. The lowest BCUT2D eigenvalue weighted by Crippen LogP contribution is -2.27. The Morgan fingerprint density at radius 1 is 1.31 bits per heavy atom. The zero-order chi connectivity index (χ0) is 11.8. The van der Waals surface area contributed by atoms with Gasteiger partial charge in [-0.15, -0.1) is 0 Å². The van der Waals surface area contributed by atoms with Gasteiger partial charge in [0.05, 0.1) is 0 Å². The van der Waals surface area contributed by atoms with Crippen molar-refractivity contribution in [1.29, 1.82) is 0 Å². The first kappa shape index (κ1) is 12.7. The first-order valence-electron chi connectivity index (χ1n) is 5.76. The number of carbonyl (C=O) groups is 1. The average Bonchev–Trinajstić information content (AvgIpc) is 2.35. The molecule has 0 saturated carbocycles. The van der Waals surface area contributed by atoms with Gasteiger partial charge in [-0.1, -0.05) is 37.3 Å². The van der Waals surface area contributed by atoms with Gasteiger partial charge in [-0.25, -0.2) is 0 Å². The molecular weight excluding hydrogens is 200 g/mol. The van der Waals surface area contributed by atoms with Crippen molar-refractivity contribution in [1.82, 2.24) is 10.6 Å². The van der Waals surface area contributed by atoms with Crippen LogP contribution in [0.3, 0.4) is 0 Å². The molecule has 1 aromatic carbocycles. The Labute approximate surface area is 97.2 Å². The highest BCUT2D eigenvalue weighted by Gasteiger charge is 2.07. The predicted molar refractivity (Wildman–Crippen MR) is 66.2 cm³/mol. The Morgan fingerprint density at radius 3 is 2.56 bits per heavy atom. The Kier molecular flexibility index (Phi) is 5.57. The summed E-state index contributed by atoms with van der Waals surface area (Å²) < 4.78 is 0. The number of carbonyl (C=O) groups excluding carboxylic acids is 1. The summed E-state index contributed by atoms with van der Waals surface area (Å²) in [5, 5.41) is 6.01. The smallest absolute Gasteiger partial charge is 0.221 e. The zero-order valence-electron chi connectivity index (χ0n) is 9.99. The van der Waals surface area contributed by atoms with E-state index in [1.165, 1.54) is 5.56 Å². The molecule has 0 aromatic heterocycles. The first-order chi connectivity index (χ1) is 7.77. The van der Waals surface area contributed by atoms with Gasteiger partial charge in [0.2, 0.25) is 5.91 Å². The molecule has 1 rings (SSSR count). The summed E-state index contributed by atoms with van der Waals surface area (Å²) in [4.78, 5) is 11.1. The fourth-order valence-corrected chi connectivity index (χ4v) is 1.67. The molecule has 3 heteroatoms. The van der Waals surface area contributed by atoms with Gasteiger partial charge >= 0.3 is 0 Å². The third-order valence-electron chi connectivity index (χ3n) is 2.63. The molecule has 3 nitrogen and oxygen atoms in total. The molecule has 0 radical (unpaired) electrons. The van der Waals surface area contributed by atoms with Gasteiger partial charge in [-0.05, 0) is 12.0 Å². The lowest BCUT2D eigenvalue weighted by Gasteiger charge is -2.17. The summed E-state index contributed by atoms with van der Waals surface area (Å²) >= 11 is 0. The van der Waals surface area contributed by atoms with Crippen LogP contribution in [0.5, 0.6) is 0 Å². The van der Waals surface area contributed by atoms with Crippen LogP contribution < -0.4 is 10.6 Å². The minimum absolute atomic E-state index is 0.0791. The molecular formula is C13H20N2O. The van der Waals surface area contributed by atoms with Crippen molar-refractivity contribution < 1.29 is 4.79 Å². The molecule has 1 unspecified atom stereocenters. The largest absolute Gasteiger partial charge is 0.359 e. The van der Waals surface area contributed by atoms with Gasteiger partial charge in [-0.2, -0.15) is 0 Å². The number of rotatable bonds is 6. The van der Waals surface area contributed by atoms with E-state index in [9.17, 15) is 4.79 Å². The quantitative estimate of drug-likeness (QED) is 0.768. The standard InChI is InChI=1S/C13H20N2O/c1-3-12(11-7-5-4-6-8-11)15-10-9-13(16)14-2/h4-8,12,15H,3,9-10H2,1-2H3,(H,14,16). The Balaban J connectivity index is 2.41. The van der Waals surface area contributed by atoms with Crippen molar-refractivity contribution in [2.24, 2.45) is 0 Å². The Morgan fingerprint density at radius 2 is 2.00 bits per heavy atom. The van der Waals surface area contributed by atoms with E-state index >= 15 is 0 Å². The third-order valence-corrected chi connectivity index (χ3v) is 2.63. The van der Waals surface area contributed by atoms with Crippen molar-refractivity contribution in [2.45, 2.75) is 25.8 Å². The van der Waals surface area contributed by atoms with Crippen LogP contribution in [0.1, 0.15) is 31.4 Å². The van der Waals surface area contributed by atoms with Crippen LogP contribution in [0.2, 0.25) is 0 Å². The molecule has 1 aromatic rings. The van der Waals surface area contributed by atoms with Crippen LogP contribution in [-0.4, -0.2) is 19.5 Å². The molecule has 0 fully saturated rings. The molecule has 1 atom stereocenters. The molecule has 0 spiro atoms. The topological polar surface area (TPSA) is 41.1 Å². The van der Waals surface area contributed by atoms with Crippen LogP contribution in [0, 0.1) is 0 Å². The lowest BCUT2D eigenvalue weighted by atomic mass is 10.0. The van der Waals surface area contributed by atoms with E-state index in [1.807, 2.05) is 18.2 Å². The van der Waals surface area contributed by atoms with Crippen molar-refractivity contribution in [3.8, 4) is 0 Å². The van der Waals surface area contributed by atoms with E-state index in [2.05, 4.69) is 29.7 Å². The first-order valence-corrected chi connectivity index (χ1v) is 5.76.